The van der Waals surface area contributed by atoms with Gasteiger partial charge < -0.3 is 9.84 Å². The number of ether oxygens (including phenoxy) is 1. The highest BCUT2D eigenvalue weighted by Gasteiger charge is 2.13. The van der Waals surface area contributed by atoms with Gasteiger partial charge >= 0.3 is 0 Å². The third-order valence-electron chi connectivity index (χ3n) is 2.62. The van der Waals surface area contributed by atoms with Crippen molar-refractivity contribution in [3.63, 3.8) is 0 Å². The largest absolute Gasteiger partial charge is 0.504 e. The van der Waals surface area contributed by atoms with Crippen molar-refractivity contribution in [1.82, 2.24) is 0 Å². The summed E-state index contributed by atoms with van der Waals surface area (Å²) in [6, 6.07) is 9.97. The standard InChI is InChI=1S/C15H11NO3S/c1-19-13-8-10(4-5-12(13)17)7-11(9-16)15(18)14-3-2-6-20-14/h2-8,17H,1H3. The number of hydrogen-bond donors (Lipinski definition) is 1. The van der Waals surface area contributed by atoms with Crippen molar-refractivity contribution >= 4 is 23.2 Å². The molecule has 1 aromatic heterocycles. The zero-order valence-electron chi connectivity index (χ0n) is 10.7. The van der Waals surface area contributed by atoms with Gasteiger partial charge in [-0.3, -0.25) is 4.79 Å². The number of carbonyl (C=O) groups excluding carboxylic acids is 1. The number of ketones is 1. The number of nitrogens with zero attached hydrogens (tertiary/aromatic N) is 1. The molecule has 1 aromatic carbocycles. The van der Waals surface area contributed by atoms with Crippen LogP contribution in [-0.2, 0) is 0 Å². The first-order valence-corrected chi connectivity index (χ1v) is 6.60. The fraction of sp³-hybridized carbons (Fsp3) is 0.0667. The summed E-state index contributed by atoms with van der Waals surface area (Å²) >= 11 is 1.29. The maximum Gasteiger partial charge on any atom is 0.213 e. The first kappa shape index (κ1) is 13.8. The monoisotopic (exact) mass is 285 g/mol. The maximum absolute atomic E-state index is 12.1. The first-order chi connectivity index (χ1) is 9.65. The highest BCUT2D eigenvalue weighted by molar-refractivity contribution is 7.12. The molecule has 0 aliphatic heterocycles. The van der Waals surface area contributed by atoms with Gasteiger partial charge in [0, 0.05) is 0 Å². The van der Waals surface area contributed by atoms with Crippen molar-refractivity contribution < 1.29 is 14.6 Å². The quantitative estimate of drug-likeness (QED) is 0.532. The molecule has 20 heavy (non-hydrogen) atoms. The second-order valence-corrected chi connectivity index (χ2v) is 4.86. The average molecular weight is 285 g/mol. The Bertz CT molecular complexity index is 696. The molecule has 0 aliphatic carbocycles. The van der Waals surface area contributed by atoms with Crippen molar-refractivity contribution in [3.8, 4) is 17.6 Å². The van der Waals surface area contributed by atoms with Crippen LogP contribution in [0, 0.1) is 11.3 Å². The lowest BCUT2D eigenvalue weighted by Gasteiger charge is -2.04. The van der Waals surface area contributed by atoms with E-state index in [1.807, 2.05) is 6.07 Å². The Morgan fingerprint density at radius 1 is 1.45 bits per heavy atom. The highest BCUT2D eigenvalue weighted by atomic mass is 32.1. The molecular formula is C15H11NO3S. The predicted molar refractivity (Wildman–Crippen MR) is 76.9 cm³/mol. The lowest BCUT2D eigenvalue weighted by atomic mass is 10.1. The molecule has 2 rings (SSSR count). The molecule has 0 spiro atoms. The molecule has 0 saturated carbocycles. The lowest BCUT2D eigenvalue weighted by Crippen LogP contribution is -1.99. The predicted octanol–water partition coefficient (Wildman–Crippen LogP) is 3.25. The minimum Gasteiger partial charge on any atom is -0.504 e. The molecule has 0 radical (unpaired) electrons. The van der Waals surface area contributed by atoms with Crippen LogP contribution < -0.4 is 4.74 Å². The summed E-state index contributed by atoms with van der Waals surface area (Å²) in [6.07, 6.45) is 1.48. The summed E-state index contributed by atoms with van der Waals surface area (Å²) in [6.45, 7) is 0. The molecule has 4 nitrogen and oxygen atoms in total. The molecule has 0 atom stereocenters. The number of methoxy groups -OCH3 is 1. The molecule has 0 saturated heterocycles. The third-order valence-corrected chi connectivity index (χ3v) is 3.49. The average Bonchev–Trinajstić information content (AvgIpc) is 2.99. The molecule has 100 valence electrons. The Morgan fingerprint density at radius 2 is 2.25 bits per heavy atom. The molecule has 2 aromatic rings. The molecule has 5 heteroatoms. The molecule has 0 aliphatic rings. The van der Waals surface area contributed by atoms with Gasteiger partial charge in [0.25, 0.3) is 0 Å². The number of carbonyl (C=O) groups is 1. The van der Waals surface area contributed by atoms with Gasteiger partial charge in [-0.05, 0) is 35.2 Å². The molecular weight excluding hydrogens is 274 g/mol. The van der Waals surface area contributed by atoms with Gasteiger partial charge in [-0.15, -0.1) is 11.3 Å². The van der Waals surface area contributed by atoms with E-state index in [1.54, 1.807) is 29.6 Å². The van der Waals surface area contributed by atoms with Crippen LogP contribution in [0.3, 0.4) is 0 Å². The third kappa shape index (κ3) is 2.87. The number of nitriles is 1. The number of thiophene rings is 1. The Balaban J connectivity index is 2.37. The van der Waals surface area contributed by atoms with Gasteiger partial charge in [0.2, 0.25) is 5.78 Å². The van der Waals surface area contributed by atoms with Crippen molar-refractivity contribution in [2.45, 2.75) is 0 Å². The van der Waals surface area contributed by atoms with Crippen LogP contribution in [0.5, 0.6) is 11.5 Å². The zero-order valence-corrected chi connectivity index (χ0v) is 11.5. The van der Waals surface area contributed by atoms with Crippen LogP contribution in [-0.4, -0.2) is 18.0 Å². The fourth-order valence-electron chi connectivity index (χ4n) is 1.64. The highest BCUT2D eigenvalue weighted by Crippen LogP contribution is 2.27. The molecule has 0 unspecified atom stereocenters. The molecule has 1 heterocycles. The Morgan fingerprint density at radius 3 is 2.85 bits per heavy atom. The Kier molecular flexibility index (Phi) is 4.18. The SMILES string of the molecule is COc1cc(C=C(C#N)C(=O)c2cccs2)ccc1O. The van der Waals surface area contributed by atoms with Gasteiger partial charge in [0.15, 0.2) is 11.5 Å². The molecule has 0 fully saturated rings. The van der Waals surface area contributed by atoms with E-state index in [-0.39, 0.29) is 17.1 Å². The maximum atomic E-state index is 12.1. The van der Waals surface area contributed by atoms with Gasteiger partial charge in [-0.2, -0.15) is 5.26 Å². The number of aromatic hydroxyl groups is 1. The van der Waals surface area contributed by atoms with Gasteiger partial charge in [-0.1, -0.05) is 12.1 Å². The van der Waals surface area contributed by atoms with Crippen LogP contribution in [0.25, 0.3) is 6.08 Å². The van der Waals surface area contributed by atoms with E-state index in [2.05, 4.69) is 0 Å². The second kappa shape index (κ2) is 6.04. The van der Waals surface area contributed by atoms with Crippen molar-refractivity contribution in [2.24, 2.45) is 0 Å². The topological polar surface area (TPSA) is 70.3 Å². The van der Waals surface area contributed by atoms with Crippen LogP contribution in [0.2, 0.25) is 0 Å². The van der Waals surface area contributed by atoms with E-state index >= 15 is 0 Å². The number of Topliss-reactive ketones (excluding diaryl/α,β-unsaturated/α-hetero) is 1. The Hall–Kier alpha value is -2.58. The fourth-order valence-corrected chi connectivity index (χ4v) is 2.32. The minimum atomic E-state index is -0.311. The number of phenols is 1. The second-order valence-electron chi connectivity index (χ2n) is 3.91. The molecule has 1 N–H and O–H groups in total. The summed E-state index contributed by atoms with van der Waals surface area (Å²) in [5, 5.41) is 20.4. The van der Waals surface area contributed by atoms with Gasteiger partial charge in [0.1, 0.15) is 11.6 Å². The first-order valence-electron chi connectivity index (χ1n) is 5.72. The van der Waals surface area contributed by atoms with Crippen LogP contribution in [0.1, 0.15) is 15.2 Å². The zero-order chi connectivity index (χ0) is 14.5. The van der Waals surface area contributed by atoms with E-state index < -0.39 is 0 Å². The number of hydrogen-bond acceptors (Lipinski definition) is 5. The molecule has 0 amide bonds. The summed E-state index contributed by atoms with van der Waals surface area (Å²) in [5.41, 5.74) is 0.654. The van der Waals surface area contributed by atoms with Crippen LogP contribution >= 0.6 is 11.3 Å². The van der Waals surface area contributed by atoms with Crippen LogP contribution in [0.4, 0.5) is 0 Å². The number of phenolic OH excluding ortho intramolecular Hbond substituents is 1. The molecule has 0 bridgehead atoms. The number of benzene rings is 1. The smallest absolute Gasteiger partial charge is 0.213 e. The number of allylic oxidation sites excluding steroid dienone is 1. The summed E-state index contributed by atoms with van der Waals surface area (Å²) < 4.78 is 4.99. The van der Waals surface area contributed by atoms with Crippen molar-refractivity contribution in [3.05, 3.63) is 51.7 Å². The normalized spacial score (nSPS) is 10.9. The summed E-state index contributed by atoms with van der Waals surface area (Å²) in [5.74, 6) is -0.0121. The number of rotatable bonds is 4. The van der Waals surface area contributed by atoms with E-state index in [9.17, 15) is 9.90 Å². The minimum absolute atomic E-state index is 0.00717. The van der Waals surface area contributed by atoms with Crippen LogP contribution in [0.15, 0.2) is 41.3 Å². The Labute approximate surface area is 120 Å². The van der Waals surface area contributed by atoms with Crippen molar-refractivity contribution in [1.29, 1.82) is 5.26 Å². The van der Waals surface area contributed by atoms with Gasteiger partial charge in [-0.25, -0.2) is 0 Å². The van der Waals surface area contributed by atoms with E-state index in [0.717, 1.165) is 0 Å². The summed E-state index contributed by atoms with van der Waals surface area (Å²) in [4.78, 5) is 12.6. The van der Waals surface area contributed by atoms with E-state index in [0.29, 0.717) is 16.2 Å². The van der Waals surface area contributed by atoms with Gasteiger partial charge in [0.05, 0.1) is 12.0 Å². The summed E-state index contributed by atoms with van der Waals surface area (Å²) in [7, 11) is 1.44. The van der Waals surface area contributed by atoms with E-state index in [1.165, 1.54) is 30.6 Å². The lowest BCUT2D eigenvalue weighted by molar-refractivity contribution is 0.104. The van der Waals surface area contributed by atoms with Crippen molar-refractivity contribution in [2.75, 3.05) is 7.11 Å². The van der Waals surface area contributed by atoms with E-state index in [4.69, 9.17) is 10.00 Å².